The Morgan fingerprint density at radius 2 is 1.44 bits per heavy atom. The fourth-order valence-electron chi connectivity index (χ4n) is 3.06. The van der Waals surface area contributed by atoms with Gasteiger partial charge >= 0.3 is 0 Å². The molecule has 1 rings (SSSR count). The molecule has 0 bridgehead atoms. The van der Waals surface area contributed by atoms with Crippen LogP contribution in [0.1, 0.15) is 79.1 Å². The van der Waals surface area contributed by atoms with E-state index in [0.717, 1.165) is 23.7 Å². The molecule has 0 heteroatoms. The number of rotatable bonds is 6. The van der Waals surface area contributed by atoms with Gasteiger partial charge in [-0.1, -0.05) is 72.6 Å². The summed E-state index contributed by atoms with van der Waals surface area (Å²) in [5, 5.41) is 0. The van der Waals surface area contributed by atoms with Crippen molar-refractivity contribution in [2.75, 3.05) is 0 Å². The van der Waals surface area contributed by atoms with Crippen LogP contribution in [0.4, 0.5) is 0 Å². The van der Waals surface area contributed by atoms with Crippen LogP contribution in [-0.2, 0) is 0 Å². The highest BCUT2D eigenvalue weighted by Crippen LogP contribution is 2.32. The van der Waals surface area contributed by atoms with Crippen LogP contribution < -0.4 is 0 Å². The number of hydrogen-bond acceptors (Lipinski definition) is 0. The van der Waals surface area contributed by atoms with Crippen LogP contribution in [0.5, 0.6) is 0 Å². The second kappa shape index (κ2) is 7.35. The van der Waals surface area contributed by atoms with Gasteiger partial charge in [0.1, 0.15) is 0 Å². The van der Waals surface area contributed by atoms with Gasteiger partial charge in [0.25, 0.3) is 0 Å². The zero-order chi connectivity index (χ0) is 12.0. The highest BCUT2D eigenvalue weighted by Gasteiger charge is 2.19. The van der Waals surface area contributed by atoms with Crippen molar-refractivity contribution in [3.05, 3.63) is 0 Å². The Kier molecular flexibility index (Phi) is 6.46. The van der Waals surface area contributed by atoms with Crippen LogP contribution in [0, 0.1) is 23.7 Å². The van der Waals surface area contributed by atoms with Gasteiger partial charge in [0.05, 0.1) is 0 Å². The molecule has 1 fully saturated rings. The largest absolute Gasteiger partial charge is 0.0628 e. The van der Waals surface area contributed by atoms with Gasteiger partial charge in [-0.15, -0.1) is 0 Å². The maximum Gasteiger partial charge on any atom is -0.0412 e. The lowest BCUT2D eigenvalue weighted by Gasteiger charge is -2.28. The summed E-state index contributed by atoms with van der Waals surface area (Å²) in [6.45, 7) is 9.65. The first-order valence-corrected chi connectivity index (χ1v) is 7.59. The molecule has 0 N–H and O–H groups in total. The molecule has 1 aliphatic carbocycles. The lowest BCUT2D eigenvalue weighted by atomic mass is 9.78. The van der Waals surface area contributed by atoms with Gasteiger partial charge in [0.15, 0.2) is 0 Å². The van der Waals surface area contributed by atoms with E-state index < -0.39 is 0 Å². The van der Waals surface area contributed by atoms with E-state index in [2.05, 4.69) is 27.7 Å². The molecule has 0 aliphatic heterocycles. The molecule has 0 aromatic rings. The molecule has 0 aromatic carbocycles. The average Bonchev–Trinajstić information content (AvgIpc) is 2.27. The fraction of sp³-hybridized carbons (Fsp3) is 1.00. The SMILES string of the molecule is CC(C)CCC(C)C(C)CC1CCCCC1. The van der Waals surface area contributed by atoms with Crippen molar-refractivity contribution in [1.82, 2.24) is 0 Å². The molecule has 1 saturated carbocycles. The first-order valence-electron chi connectivity index (χ1n) is 7.59. The first kappa shape index (κ1) is 14.1. The van der Waals surface area contributed by atoms with Crippen LogP contribution in [-0.4, -0.2) is 0 Å². The second-order valence-corrected chi connectivity index (χ2v) is 6.67. The summed E-state index contributed by atoms with van der Waals surface area (Å²) >= 11 is 0. The van der Waals surface area contributed by atoms with E-state index in [1.807, 2.05) is 0 Å². The molecule has 0 aromatic heterocycles. The van der Waals surface area contributed by atoms with Crippen molar-refractivity contribution < 1.29 is 0 Å². The summed E-state index contributed by atoms with van der Waals surface area (Å²) in [6, 6.07) is 0. The van der Waals surface area contributed by atoms with Crippen LogP contribution in [0.25, 0.3) is 0 Å². The topological polar surface area (TPSA) is 0 Å². The van der Waals surface area contributed by atoms with Crippen molar-refractivity contribution in [2.45, 2.75) is 79.1 Å². The van der Waals surface area contributed by atoms with Gasteiger partial charge in [0, 0.05) is 0 Å². The minimum Gasteiger partial charge on any atom is -0.0628 e. The Balaban J connectivity index is 2.19. The lowest BCUT2D eigenvalue weighted by molar-refractivity contribution is 0.239. The quantitative estimate of drug-likeness (QED) is 0.545. The summed E-state index contributed by atoms with van der Waals surface area (Å²) in [5.41, 5.74) is 0. The molecule has 0 saturated heterocycles. The van der Waals surface area contributed by atoms with Gasteiger partial charge in [-0.05, 0) is 30.1 Å². The molecule has 2 unspecified atom stereocenters. The summed E-state index contributed by atoms with van der Waals surface area (Å²) in [6.07, 6.45) is 11.9. The van der Waals surface area contributed by atoms with Gasteiger partial charge < -0.3 is 0 Å². The molecule has 0 spiro atoms. The predicted molar refractivity (Wildman–Crippen MR) is 73.6 cm³/mol. The van der Waals surface area contributed by atoms with E-state index in [4.69, 9.17) is 0 Å². The summed E-state index contributed by atoms with van der Waals surface area (Å²) < 4.78 is 0. The molecule has 0 heterocycles. The smallest absolute Gasteiger partial charge is 0.0412 e. The van der Waals surface area contributed by atoms with Gasteiger partial charge in [0.2, 0.25) is 0 Å². The highest BCUT2D eigenvalue weighted by atomic mass is 14.3. The minimum absolute atomic E-state index is 0.879. The molecular weight excluding hydrogens is 192 g/mol. The predicted octanol–water partition coefficient (Wildman–Crippen LogP) is 5.67. The summed E-state index contributed by atoms with van der Waals surface area (Å²) in [4.78, 5) is 0. The Bertz CT molecular complexity index is 165. The molecule has 0 nitrogen and oxygen atoms in total. The van der Waals surface area contributed by atoms with Crippen molar-refractivity contribution in [2.24, 2.45) is 23.7 Å². The highest BCUT2D eigenvalue weighted by molar-refractivity contribution is 4.71. The Labute approximate surface area is 103 Å². The summed E-state index contributed by atoms with van der Waals surface area (Å²) in [7, 11) is 0. The Hall–Kier alpha value is 0. The van der Waals surface area contributed by atoms with Gasteiger partial charge in [-0.2, -0.15) is 0 Å². The monoisotopic (exact) mass is 224 g/mol. The van der Waals surface area contributed by atoms with Crippen LogP contribution in [0.2, 0.25) is 0 Å². The van der Waals surface area contributed by atoms with E-state index in [1.165, 1.54) is 51.4 Å². The molecule has 96 valence electrons. The zero-order valence-electron chi connectivity index (χ0n) is 12.0. The molecule has 0 amide bonds. The van der Waals surface area contributed by atoms with Crippen molar-refractivity contribution in [1.29, 1.82) is 0 Å². The molecule has 0 radical (unpaired) electrons. The lowest BCUT2D eigenvalue weighted by Crippen LogP contribution is -2.16. The molecule has 1 aliphatic rings. The van der Waals surface area contributed by atoms with Crippen molar-refractivity contribution >= 4 is 0 Å². The van der Waals surface area contributed by atoms with Crippen molar-refractivity contribution in [3.8, 4) is 0 Å². The van der Waals surface area contributed by atoms with E-state index in [0.29, 0.717) is 0 Å². The third kappa shape index (κ3) is 5.37. The minimum atomic E-state index is 0.879. The maximum absolute atomic E-state index is 2.49. The van der Waals surface area contributed by atoms with Crippen LogP contribution in [0.3, 0.4) is 0 Å². The average molecular weight is 224 g/mol. The molecular formula is C16H32. The second-order valence-electron chi connectivity index (χ2n) is 6.67. The van der Waals surface area contributed by atoms with Crippen molar-refractivity contribution in [3.63, 3.8) is 0 Å². The normalized spacial score (nSPS) is 22.3. The van der Waals surface area contributed by atoms with E-state index in [-0.39, 0.29) is 0 Å². The maximum atomic E-state index is 2.49. The third-order valence-electron chi connectivity index (χ3n) is 4.60. The third-order valence-corrected chi connectivity index (χ3v) is 4.60. The molecule has 16 heavy (non-hydrogen) atoms. The molecule has 2 atom stereocenters. The fourth-order valence-corrected chi connectivity index (χ4v) is 3.06. The van der Waals surface area contributed by atoms with E-state index >= 15 is 0 Å². The van der Waals surface area contributed by atoms with Crippen LogP contribution >= 0.6 is 0 Å². The number of hydrogen-bond donors (Lipinski definition) is 0. The first-order chi connectivity index (χ1) is 7.59. The van der Waals surface area contributed by atoms with E-state index in [1.54, 1.807) is 0 Å². The standard InChI is InChI=1S/C16H32/c1-13(2)10-11-14(3)15(4)12-16-8-6-5-7-9-16/h13-16H,5-12H2,1-4H3. The summed E-state index contributed by atoms with van der Waals surface area (Å²) in [5.74, 6) is 3.82. The Morgan fingerprint density at radius 1 is 0.812 bits per heavy atom. The van der Waals surface area contributed by atoms with Gasteiger partial charge in [-0.3, -0.25) is 0 Å². The van der Waals surface area contributed by atoms with Crippen LogP contribution in [0.15, 0.2) is 0 Å². The van der Waals surface area contributed by atoms with E-state index in [9.17, 15) is 0 Å². The Morgan fingerprint density at radius 3 is 2.00 bits per heavy atom. The van der Waals surface area contributed by atoms with Gasteiger partial charge in [-0.25, -0.2) is 0 Å². The zero-order valence-corrected chi connectivity index (χ0v) is 12.0.